The highest BCUT2D eigenvalue weighted by Gasteiger charge is 2.59. The molecule has 1 amide bonds. The van der Waals surface area contributed by atoms with E-state index in [4.69, 9.17) is 10.5 Å². The molecule has 0 unspecified atom stereocenters. The minimum Gasteiger partial charge on any atom is -0.420 e. The molecule has 148 valence electrons. The summed E-state index contributed by atoms with van der Waals surface area (Å²) in [5.74, 6) is -0.958. The third kappa shape index (κ3) is 2.16. The second-order valence-electron chi connectivity index (χ2n) is 7.06. The molecule has 30 heavy (non-hydrogen) atoms. The Morgan fingerprint density at radius 3 is 2.67 bits per heavy atom. The molecule has 2 aliphatic rings. The van der Waals surface area contributed by atoms with E-state index in [0.717, 1.165) is 5.56 Å². The van der Waals surface area contributed by atoms with Gasteiger partial charge in [-0.15, -0.1) is 5.10 Å². The predicted octanol–water partition coefficient (Wildman–Crippen LogP) is 3.61. The summed E-state index contributed by atoms with van der Waals surface area (Å²) in [5.41, 5.74) is 7.80. The number of aromatic nitrogens is 2. The molecule has 1 aromatic heterocycles. The van der Waals surface area contributed by atoms with Gasteiger partial charge in [0, 0.05) is 21.3 Å². The number of nitriles is 1. The Morgan fingerprint density at radius 1 is 1.23 bits per heavy atom. The van der Waals surface area contributed by atoms with Crippen LogP contribution in [0.15, 0.2) is 52.3 Å². The van der Waals surface area contributed by atoms with E-state index in [0.29, 0.717) is 32.5 Å². The molecule has 9 heteroatoms. The van der Waals surface area contributed by atoms with Crippen LogP contribution in [0.3, 0.4) is 0 Å². The molecule has 0 aliphatic carbocycles. The lowest BCUT2D eigenvalue weighted by atomic mass is 9.68. The number of carbonyl (C=O) groups excluding carboxylic acids is 1. The van der Waals surface area contributed by atoms with Crippen molar-refractivity contribution in [1.82, 2.24) is 10.2 Å². The van der Waals surface area contributed by atoms with Crippen molar-refractivity contribution >= 4 is 27.5 Å². The molecular formula is C21H13BrFN5O2. The van der Waals surface area contributed by atoms with E-state index in [1.165, 1.54) is 12.1 Å². The number of hydrogen-bond acceptors (Lipinski definition) is 5. The van der Waals surface area contributed by atoms with Gasteiger partial charge in [-0.1, -0.05) is 22.0 Å². The van der Waals surface area contributed by atoms with Crippen LogP contribution in [-0.2, 0) is 10.2 Å². The van der Waals surface area contributed by atoms with Crippen molar-refractivity contribution in [3.63, 3.8) is 0 Å². The fourth-order valence-corrected chi connectivity index (χ4v) is 4.78. The topological polar surface area (TPSA) is 117 Å². The van der Waals surface area contributed by atoms with Crippen LogP contribution in [0.2, 0.25) is 0 Å². The summed E-state index contributed by atoms with van der Waals surface area (Å²) in [5, 5.41) is 19.9. The molecule has 0 radical (unpaired) electrons. The fourth-order valence-electron chi connectivity index (χ4n) is 4.13. The number of nitrogens with one attached hydrogen (secondary N) is 2. The van der Waals surface area contributed by atoms with Crippen molar-refractivity contribution < 1.29 is 13.9 Å². The van der Waals surface area contributed by atoms with Crippen LogP contribution in [0.25, 0.3) is 11.3 Å². The van der Waals surface area contributed by atoms with Gasteiger partial charge in [0.05, 0.1) is 11.3 Å². The molecule has 2 aromatic carbocycles. The first-order valence-electron chi connectivity index (χ1n) is 8.93. The zero-order chi connectivity index (χ0) is 21.2. The number of H-pyrrole nitrogens is 1. The number of amides is 1. The van der Waals surface area contributed by atoms with E-state index < -0.39 is 17.1 Å². The largest absolute Gasteiger partial charge is 0.420 e. The number of fused-ring (bicyclic) bond motifs is 4. The minimum atomic E-state index is -1.58. The van der Waals surface area contributed by atoms with Crippen LogP contribution in [0.5, 0.6) is 5.88 Å². The number of benzene rings is 2. The summed E-state index contributed by atoms with van der Waals surface area (Å²) in [6.45, 7) is 1.89. The Morgan fingerprint density at radius 2 is 1.97 bits per heavy atom. The van der Waals surface area contributed by atoms with Gasteiger partial charge in [-0.05, 0) is 42.8 Å². The average Bonchev–Trinajstić information content (AvgIpc) is 3.26. The molecule has 0 bridgehead atoms. The van der Waals surface area contributed by atoms with Gasteiger partial charge in [-0.3, -0.25) is 9.89 Å². The van der Waals surface area contributed by atoms with Crippen LogP contribution in [0, 0.1) is 24.1 Å². The van der Waals surface area contributed by atoms with Crippen LogP contribution < -0.4 is 15.8 Å². The Labute approximate surface area is 178 Å². The molecular weight excluding hydrogens is 453 g/mol. The summed E-state index contributed by atoms with van der Waals surface area (Å²) in [6.07, 6.45) is 0. The first-order chi connectivity index (χ1) is 14.4. The van der Waals surface area contributed by atoms with E-state index in [2.05, 4.69) is 37.5 Å². The molecule has 0 saturated carbocycles. The van der Waals surface area contributed by atoms with Crippen molar-refractivity contribution in [2.24, 2.45) is 5.73 Å². The van der Waals surface area contributed by atoms with Crippen LogP contribution >= 0.6 is 15.9 Å². The number of nitrogens with zero attached hydrogens (tertiary/aromatic N) is 2. The molecule has 5 rings (SSSR count). The van der Waals surface area contributed by atoms with Crippen molar-refractivity contribution in [2.45, 2.75) is 12.3 Å². The lowest BCUT2D eigenvalue weighted by Crippen LogP contribution is -2.42. The van der Waals surface area contributed by atoms with Gasteiger partial charge in [0.2, 0.25) is 17.7 Å². The average molecular weight is 466 g/mol. The third-order valence-electron chi connectivity index (χ3n) is 5.48. The standard InChI is InChI=1S/C21H13BrFN5O2/c1-9-2-7-13-14(16(9)22)21(20(29)26-13)12(8-24)18(25)30-19-15(21)17(27-28-19)10-3-5-11(23)6-4-10/h2-7H,25H2,1H3,(H,26,29)(H,27,28)/t21-/m0/s1. The number of nitrogens with two attached hydrogens (primary N) is 1. The van der Waals surface area contributed by atoms with Crippen LogP contribution in [0.1, 0.15) is 16.7 Å². The molecule has 0 saturated heterocycles. The van der Waals surface area contributed by atoms with Gasteiger partial charge >= 0.3 is 0 Å². The number of aromatic amines is 1. The molecule has 7 nitrogen and oxygen atoms in total. The monoisotopic (exact) mass is 465 g/mol. The van der Waals surface area contributed by atoms with E-state index >= 15 is 0 Å². The molecule has 3 heterocycles. The normalized spacial score (nSPS) is 19.2. The molecule has 4 N–H and O–H groups in total. The van der Waals surface area contributed by atoms with Gasteiger partial charge < -0.3 is 15.8 Å². The lowest BCUT2D eigenvalue weighted by Gasteiger charge is -2.32. The van der Waals surface area contributed by atoms with Gasteiger partial charge in [-0.2, -0.15) is 5.26 Å². The summed E-state index contributed by atoms with van der Waals surface area (Å²) in [6, 6.07) is 11.4. The Hall–Kier alpha value is -3.64. The number of ether oxygens (including phenoxy) is 1. The van der Waals surface area contributed by atoms with Gasteiger partial charge in [0.25, 0.3) is 0 Å². The Balaban J connectivity index is 1.93. The maximum Gasteiger partial charge on any atom is 0.245 e. The molecule has 1 atom stereocenters. The van der Waals surface area contributed by atoms with Crippen LogP contribution in [-0.4, -0.2) is 16.1 Å². The number of halogens is 2. The summed E-state index contributed by atoms with van der Waals surface area (Å²) >= 11 is 3.59. The first kappa shape index (κ1) is 18.4. The quantitative estimate of drug-likeness (QED) is 0.507. The maximum atomic E-state index is 13.6. The Bertz CT molecular complexity index is 1320. The van der Waals surface area contributed by atoms with E-state index in [-0.39, 0.29) is 17.3 Å². The number of rotatable bonds is 1. The number of carbonyl (C=O) groups is 1. The van der Waals surface area contributed by atoms with Gasteiger partial charge in [0.1, 0.15) is 22.9 Å². The van der Waals surface area contributed by atoms with Crippen molar-refractivity contribution in [2.75, 3.05) is 5.32 Å². The second-order valence-corrected chi connectivity index (χ2v) is 7.85. The zero-order valence-corrected chi connectivity index (χ0v) is 17.1. The number of aryl methyl sites for hydroxylation is 1. The lowest BCUT2D eigenvalue weighted by molar-refractivity contribution is -0.118. The van der Waals surface area contributed by atoms with Gasteiger partial charge in [0.15, 0.2) is 0 Å². The van der Waals surface area contributed by atoms with E-state index in [1.807, 2.05) is 13.0 Å². The van der Waals surface area contributed by atoms with Crippen molar-refractivity contribution in [3.05, 3.63) is 74.8 Å². The highest BCUT2D eigenvalue weighted by molar-refractivity contribution is 9.10. The number of hydrogen-bond donors (Lipinski definition) is 3. The SMILES string of the molecule is Cc1ccc2c(c1Br)[C@@]1(C(=O)N2)C(C#N)=C(N)Oc2n[nH]c(-c3ccc(F)cc3)c21. The third-order valence-corrected chi connectivity index (χ3v) is 6.50. The van der Waals surface area contributed by atoms with Crippen molar-refractivity contribution in [1.29, 1.82) is 5.26 Å². The smallest absolute Gasteiger partial charge is 0.245 e. The highest BCUT2D eigenvalue weighted by atomic mass is 79.9. The maximum absolute atomic E-state index is 13.6. The fraction of sp³-hybridized carbons (Fsp3) is 0.0952. The predicted molar refractivity (Wildman–Crippen MR) is 110 cm³/mol. The van der Waals surface area contributed by atoms with Crippen LogP contribution in [0.4, 0.5) is 10.1 Å². The summed E-state index contributed by atoms with van der Waals surface area (Å²) < 4.78 is 19.8. The molecule has 1 spiro atoms. The number of anilines is 1. The first-order valence-corrected chi connectivity index (χ1v) is 9.72. The molecule has 3 aromatic rings. The highest BCUT2D eigenvalue weighted by Crippen LogP contribution is 2.57. The van der Waals surface area contributed by atoms with E-state index in [1.54, 1.807) is 18.2 Å². The molecule has 2 aliphatic heterocycles. The minimum absolute atomic E-state index is 0.0395. The van der Waals surface area contributed by atoms with Gasteiger partial charge in [-0.25, -0.2) is 4.39 Å². The summed E-state index contributed by atoms with van der Waals surface area (Å²) in [7, 11) is 0. The van der Waals surface area contributed by atoms with Crippen molar-refractivity contribution in [3.8, 4) is 23.2 Å². The Kier molecular flexibility index (Phi) is 3.79. The van der Waals surface area contributed by atoms with E-state index in [9.17, 15) is 14.4 Å². The zero-order valence-electron chi connectivity index (χ0n) is 15.5. The second kappa shape index (κ2) is 6.18. The molecule has 0 fully saturated rings. The summed E-state index contributed by atoms with van der Waals surface area (Å²) in [4.78, 5) is 13.6.